The van der Waals surface area contributed by atoms with Crippen molar-refractivity contribution < 1.29 is 4.79 Å². The third kappa shape index (κ3) is 3.93. The maximum absolute atomic E-state index is 13.8. The number of nitrogens with zero attached hydrogens (tertiary/aromatic N) is 2. The number of hydrogen-bond donors (Lipinski definition) is 0. The zero-order chi connectivity index (χ0) is 21.8. The van der Waals surface area contributed by atoms with Crippen LogP contribution in [0.2, 0.25) is 0 Å². The lowest BCUT2D eigenvalue weighted by atomic mass is 9.72. The fourth-order valence-corrected chi connectivity index (χ4v) is 5.79. The van der Waals surface area contributed by atoms with Gasteiger partial charge in [0.05, 0.1) is 5.41 Å². The Balaban J connectivity index is 1.76. The van der Waals surface area contributed by atoms with Crippen LogP contribution in [0.3, 0.4) is 0 Å². The summed E-state index contributed by atoms with van der Waals surface area (Å²) in [6, 6.07) is 11.0. The lowest BCUT2D eigenvalue weighted by Crippen LogP contribution is -2.32. The van der Waals surface area contributed by atoms with Crippen LogP contribution in [0, 0.1) is 0 Å². The molecule has 3 nitrogen and oxygen atoms in total. The predicted molar refractivity (Wildman–Crippen MR) is 132 cm³/mol. The average molecular weight is 419 g/mol. The first-order valence-electron chi connectivity index (χ1n) is 12.4. The van der Waals surface area contributed by atoms with Crippen molar-refractivity contribution in [2.24, 2.45) is 0 Å². The molecule has 0 amide bonds. The molecule has 2 aliphatic rings. The van der Waals surface area contributed by atoms with E-state index in [1.54, 1.807) is 0 Å². The van der Waals surface area contributed by atoms with Gasteiger partial charge in [0, 0.05) is 49.4 Å². The molecule has 0 aromatic heterocycles. The molecule has 0 N–H and O–H groups in total. The lowest BCUT2D eigenvalue weighted by Gasteiger charge is -2.30. The Morgan fingerprint density at radius 1 is 1.00 bits per heavy atom. The van der Waals surface area contributed by atoms with Gasteiger partial charge in [-0.2, -0.15) is 0 Å². The lowest BCUT2D eigenvalue weighted by molar-refractivity contribution is 0.0871. The maximum atomic E-state index is 13.8. The van der Waals surface area contributed by atoms with Gasteiger partial charge in [0.25, 0.3) is 0 Å². The van der Waals surface area contributed by atoms with E-state index in [0.717, 1.165) is 83.2 Å². The van der Waals surface area contributed by atoms with E-state index in [9.17, 15) is 4.79 Å². The Kier molecular flexibility index (Phi) is 6.81. The number of rotatable bonds is 9. The molecule has 3 heteroatoms. The molecule has 1 saturated heterocycles. The second-order valence-electron chi connectivity index (χ2n) is 9.41. The van der Waals surface area contributed by atoms with Gasteiger partial charge in [-0.15, -0.1) is 6.58 Å². The van der Waals surface area contributed by atoms with Gasteiger partial charge in [-0.1, -0.05) is 69.9 Å². The van der Waals surface area contributed by atoms with Crippen molar-refractivity contribution in [2.75, 3.05) is 37.6 Å². The van der Waals surface area contributed by atoms with Crippen LogP contribution in [0.25, 0.3) is 10.8 Å². The Morgan fingerprint density at radius 2 is 1.77 bits per heavy atom. The van der Waals surface area contributed by atoms with E-state index in [1.807, 2.05) is 6.08 Å². The number of benzene rings is 2. The van der Waals surface area contributed by atoms with E-state index in [0.29, 0.717) is 5.78 Å². The molecule has 0 bridgehead atoms. The maximum Gasteiger partial charge on any atom is 0.174 e. The van der Waals surface area contributed by atoms with Gasteiger partial charge in [0.15, 0.2) is 5.78 Å². The molecule has 4 rings (SSSR count). The summed E-state index contributed by atoms with van der Waals surface area (Å²) in [6.07, 6.45) is 9.60. The summed E-state index contributed by atoms with van der Waals surface area (Å²) in [5.74, 6) is 0.375. The highest BCUT2D eigenvalue weighted by Crippen LogP contribution is 2.50. The van der Waals surface area contributed by atoms with Crippen molar-refractivity contribution in [1.82, 2.24) is 4.90 Å². The first-order chi connectivity index (χ1) is 15.2. The van der Waals surface area contributed by atoms with Gasteiger partial charge >= 0.3 is 0 Å². The molecule has 0 spiro atoms. The number of anilines is 1. The summed E-state index contributed by atoms with van der Waals surface area (Å²) in [5.41, 5.74) is 3.25. The first kappa shape index (κ1) is 22.1. The zero-order valence-corrected chi connectivity index (χ0v) is 19.5. The quantitative estimate of drug-likeness (QED) is 0.443. The van der Waals surface area contributed by atoms with Gasteiger partial charge in [0.2, 0.25) is 0 Å². The molecule has 166 valence electrons. The molecule has 31 heavy (non-hydrogen) atoms. The Hall–Kier alpha value is -2.13. The molecule has 0 radical (unpaired) electrons. The van der Waals surface area contributed by atoms with Crippen LogP contribution in [-0.2, 0) is 5.41 Å². The molecule has 1 aliphatic carbocycles. The van der Waals surface area contributed by atoms with Crippen LogP contribution in [0.1, 0.15) is 74.7 Å². The van der Waals surface area contributed by atoms with E-state index >= 15 is 0 Å². The molecule has 1 aliphatic heterocycles. The molecular formula is C28H38N2O. The summed E-state index contributed by atoms with van der Waals surface area (Å²) >= 11 is 0. The fraction of sp³-hybridized carbons (Fsp3) is 0.536. The number of ketones is 1. The van der Waals surface area contributed by atoms with Crippen LogP contribution in [0.4, 0.5) is 5.69 Å². The summed E-state index contributed by atoms with van der Waals surface area (Å²) in [7, 11) is 0. The summed E-state index contributed by atoms with van der Waals surface area (Å²) in [5, 5.41) is 2.51. The molecule has 2 aromatic carbocycles. The molecule has 0 atom stereocenters. The zero-order valence-electron chi connectivity index (χ0n) is 19.5. The van der Waals surface area contributed by atoms with Gasteiger partial charge < -0.3 is 4.90 Å². The summed E-state index contributed by atoms with van der Waals surface area (Å²) < 4.78 is 0. The van der Waals surface area contributed by atoms with Crippen molar-refractivity contribution in [3.8, 4) is 0 Å². The molecule has 0 saturated carbocycles. The normalized spacial score (nSPS) is 18.5. The van der Waals surface area contributed by atoms with E-state index in [-0.39, 0.29) is 5.41 Å². The second-order valence-corrected chi connectivity index (χ2v) is 9.41. The van der Waals surface area contributed by atoms with Crippen molar-refractivity contribution in [3.05, 3.63) is 54.1 Å². The SMILES string of the molecule is C=CCN1CCCN(c2ccc3c4c(cccc24)C(=O)C3(CCCC)CCCC)CC1. The molecule has 0 unspecified atom stereocenters. The van der Waals surface area contributed by atoms with E-state index in [4.69, 9.17) is 0 Å². The van der Waals surface area contributed by atoms with Gasteiger partial charge in [-0.3, -0.25) is 9.69 Å². The van der Waals surface area contributed by atoms with Crippen LogP contribution < -0.4 is 4.90 Å². The number of hydrogen-bond acceptors (Lipinski definition) is 3. The third-order valence-corrected chi connectivity index (χ3v) is 7.44. The monoisotopic (exact) mass is 418 g/mol. The van der Waals surface area contributed by atoms with E-state index < -0.39 is 0 Å². The van der Waals surface area contributed by atoms with Crippen LogP contribution >= 0.6 is 0 Å². The number of unbranched alkanes of at least 4 members (excludes halogenated alkanes) is 2. The van der Waals surface area contributed by atoms with Crippen LogP contribution in [0.15, 0.2) is 43.0 Å². The minimum atomic E-state index is -0.313. The predicted octanol–water partition coefficient (Wildman–Crippen LogP) is 6.35. The minimum Gasteiger partial charge on any atom is -0.370 e. The molecule has 1 fully saturated rings. The first-order valence-corrected chi connectivity index (χ1v) is 12.4. The smallest absolute Gasteiger partial charge is 0.174 e. The van der Waals surface area contributed by atoms with Gasteiger partial charge in [0.1, 0.15) is 0 Å². The Bertz CT molecular complexity index is 939. The van der Waals surface area contributed by atoms with Crippen molar-refractivity contribution in [3.63, 3.8) is 0 Å². The van der Waals surface area contributed by atoms with Crippen molar-refractivity contribution in [1.29, 1.82) is 0 Å². The van der Waals surface area contributed by atoms with Gasteiger partial charge in [-0.25, -0.2) is 0 Å². The Morgan fingerprint density at radius 3 is 2.48 bits per heavy atom. The highest BCUT2D eigenvalue weighted by atomic mass is 16.1. The van der Waals surface area contributed by atoms with Crippen molar-refractivity contribution >= 4 is 22.2 Å². The molecule has 1 heterocycles. The number of Topliss-reactive ketones (excluding diaryl/α,β-unsaturated/α-hetero) is 1. The number of carbonyl (C=O) groups is 1. The molecular weight excluding hydrogens is 380 g/mol. The van der Waals surface area contributed by atoms with Crippen molar-refractivity contribution in [2.45, 2.75) is 64.2 Å². The van der Waals surface area contributed by atoms with E-state index in [2.05, 4.69) is 60.6 Å². The molecule has 2 aromatic rings. The largest absolute Gasteiger partial charge is 0.370 e. The fourth-order valence-electron chi connectivity index (χ4n) is 5.79. The summed E-state index contributed by atoms with van der Waals surface area (Å²) in [6.45, 7) is 13.6. The highest BCUT2D eigenvalue weighted by molar-refractivity contribution is 6.22. The summed E-state index contributed by atoms with van der Waals surface area (Å²) in [4.78, 5) is 18.9. The number of carbonyl (C=O) groups excluding carboxylic acids is 1. The van der Waals surface area contributed by atoms with Crippen LogP contribution in [0.5, 0.6) is 0 Å². The van der Waals surface area contributed by atoms with Crippen LogP contribution in [-0.4, -0.2) is 43.4 Å². The Labute approximate surface area is 188 Å². The highest BCUT2D eigenvalue weighted by Gasteiger charge is 2.46. The van der Waals surface area contributed by atoms with E-state index in [1.165, 1.54) is 22.0 Å². The standard InChI is InChI=1S/C28H38N2O/c1-4-7-15-28(16-8-5-2)24-13-14-25(22-11-9-12-23(26(22)24)27(28)31)30-19-10-18-29(17-6-3)20-21-30/h6,9,11-14H,3-5,7-8,10,15-21H2,1-2H3. The van der Waals surface area contributed by atoms with Gasteiger partial charge in [-0.05, 0) is 36.3 Å². The third-order valence-electron chi connectivity index (χ3n) is 7.44. The second kappa shape index (κ2) is 9.56. The topological polar surface area (TPSA) is 23.6 Å². The average Bonchev–Trinajstić information content (AvgIpc) is 2.92. The minimum absolute atomic E-state index is 0.313.